The fraction of sp³-hybridized carbons (Fsp3) is 1.00. The smallest absolute Gasteiger partial charge is 0.0315 e. The molecular weight excluding hydrogens is 93.1 g/mol. The van der Waals surface area contributed by atoms with E-state index in [-0.39, 0.29) is 0 Å². The molecule has 1 fully saturated rings. The maximum Gasteiger partial charge on any atom is 0.0315 e. The summed E-state index contributed by atoms with van der Waals surface area (Å²) in [5, 5.41) is 0.762. The molecule has 0 radical (unpaired) electrons. The van der Waals surface area contributed by atoms with E-state index < -0.39 is 0 Å². The molecule has 0 saturated heterocycles. The lowest BCUT2D eigenvalue weighted by Crippen LogP contribution is -2.08. The topological polar surface area (TPSA) is 3.24 Å². The highest BCUT2D eigenvalue weighted by molar-refractivity contribution is 4.73. The quantitative estimate of drug-likeness (QED) is 0.475. The highest BCUT2D eigenvalue weighted by Crippen LogP contribution is 2.29. The number of rotatable bonds is 2. The molecule has 1 aliphatic rings. The van der Waals surface area contributed by atoms with Crippen LogP contribution in [0.2, 0.25) is 0 Å². The van der Waals surface area contributed by atoms with Crippen LogP contribution in [0.15, 0.2) is 0 Å². The number of hydrogen-bond donors (Lipinski definition) is 0. The molecule has 0 aromatic heterocycles. The number of halogens is 1. The number of hydrogen-bond acceptors (Lipinski definition) is 1. The lowest BCUT2D eigenvalue weighted by molar-refractivity contribution is 0.0545. The largest absolute Gasteiger partial charge is 0.149 e. The van der Waals surface area contributed by atoms with E-state index in [9.17, 15) is 4.48 Å². The molecule has 2 heteroatoms. The second-order valence-electron chi connectivity index (χ2n) is 2.23. The van der Waals surface area contributed by atoms with E-state index in [1.165, 1.54) is 19.9 Å². The van der Waals surface area contributed by atoms with E-state index in [4.69, 9.17) is 0 Å². The van der Waals surface area contributed by atoms with E-state index in [1.54, 1.807) is 0 Å². The summed E-state index contributed by atoms with van der Waals surface area (Å²) >= 11 is 0. The van der Waals surface area contributed by atoms with Gasteiger partial charge in [-0.3, -0.25) is 0 Å². The van der Waals surface area contributed by atoms with Gasteiger partial charge in [0, 0.05) is 13.6 Å². The van der Waals surface area contributed by atoms with Gasteiger partial charge in [0.05, 0.1) is 0 Å². The van der Waals surface area contributed by atoms with E-state index in [2.05, 4.69) is 0 Å². The van der Waals surface area contributed by atoms with Crippen LogP contribution in [0.3, 0.4) is 0 Å². The van der Waals surface area contributed by atoms with Crippen molar-refractivity contribution in [2.45, 2.75) is 12.8 Å². The zero-order valence-corrected chi connectivity index (χ0v) is 4.52. The monoisotopic (exact) mass is 103 g/mol. The summed E-state index contributed by atoms with van der Waals surface area (Å²) in [4.78, 5) is 0. The zero-order valence-electron chi connectivity index (χ0n) is 4.52. The summed E-state index contributed by atoms with van der Waals surface area (Å²) in [6.45, 7) is 0.639. The molecule has 42 valence electrons. The zero-order chi connectivity index (χ0) is 5.28. The van der Waals surface area contributed by atoms with E-state index >= 15 is 0 Å². The first-order chi connectivity index (χ1) is 3.29. The second kappa shape index (κ2) is 1.78. The van der Waals surface area contributed by atoms with Crippen LogP contribution in [-0.2, 0) is 0 Å². The third-order valence-electron chi connectivity index (χ3n) is 1.21. The van der Waals surface area contributed by atoms with Gasteiger partial charge in [-0.25, -0.2) is 0 Å². The van der Waals surface area contributed by atoms with Crippen LogP contribution in [0, 0.1) is 5.92 Å². The Kier molecular flexibility index (Phi) is 1.28. The molecular formula is C5H10FN. The molecule has 0 heterocycles. The maximum absolute atomic E-state index is 11.8. The Morgan fingerprint density at radius 3 is 2.43 bits per heavy atom. The molecule has 0 aromatic rings. The predicted molar refractivity (Wildman–Crippen MR) is 26.5 cm³/mol. The van der Waals surface area contributed by atoms with Gasteiger partial charge in [0.25, 0.3) is 0 Å². The molecule has 0 bridgehead atoms. The van der Waals surface area contributed by atoms with Crippen LogP contribution in [-0.4, -0.2) is 18.7 Å². The average molecular weight is 103 g/mol. The van der Waals surface area contributed by atoms with Crippen LogP contribution < -0.4 is 0 Å². The minimum Gasteiger partial charge on any atom is -0.149 e. The van der Waals surface area contributed by atoms with Gasteiger partial charge in [-0.1, -0.05) is 0 Å². The summed E-state index contributed by atoms with van der Waals surface area (Å²) in [7, 11) is 1.47. The average Bonchev–Trinajstić information content (AvgIpc) is 2.17. The van der Waals surface area contributed by atoms with E-state index in [1.807, 2.05) is 0 Å². The molecule has 1 rings (SSSR count). The third-order valence-corrected chi connectivity index (χ3v) is 1.21. The first kappa shape index (κ1) is 5.04. The predicted octanol–water partition coefficient (Wildman–Crippen LogP) is 1.21. The first-order valence-corrected chi connectivity index (χ1v) is 2.66. The summed E-state index contributed by atoms with van der Waals surface area (Å²) in [5.41, 5.74) is 0. The van der Waals surface area contributed by atoms with Crippen molar-refractivity contribution in [1.82, 2.24) is 5.12 Å². The van der Waals surface area contributed by atoms with Crippen LogP contribution in [0.4, 0.5) is 4.48 Å². The van der Waals surface area contributed by atoms with Gasteiger partial charge >= 0.3 is 0 Å². The van der Waals surface area contributed by atoms with Crippen molar-refractivity contribution in [3.63, 3.8) is 0 Å². The maximum atomic E-state index is 11.8. The molecule has 0 spiro atoms. The Bertz CT molecular complexity index is 59.1. The van der Waals surface area contributed by atoms with Crippen molar-refractivity contribution in [1.29, 1.82) is 0 Å². The molecule has 1 nitrogen and oxygen atoms in total. The van der Waals surface area contributed by atoms with E-state index in [0.717, 1.165) is 5.12 Å². The van der Waals surface area contributed by atoms with Gasteiger partial charge < -0.3 is 0 Å². The van der Waals surface area contributed by atoms with Gasteiger partial charge in [-0.15, -0.1) is 9.60 Å². The van der Waals surface area contributed by atoms with Gasteiger partial charge in [-0.2, -0.15) is 0 Å². The second-order valence-corrected chi connectivity index (χ2v) is 2.23. The minimum absolute atomic E-state index is 0.639. The highest BCUT2D eigenvalue weighted by Gasteiger charge is 2.22. The standard InChI is InChI=1S/C5H10FN/c1-7(6)4-5-2-3-5/h5H,2-4H2,1H3. The van der Waals surface area contributed by atoms with E-state index in [0.29, 0.717) is 12.5 Å². The van der Waals surface area contributed by atoms with Crippen molar-refractivity contribution in [2.75, 3.05) is 13.6 Å². The lowest BCUT2D eigenvalue weighted by Gasteiger charge is -1.99. The van der Waals surface area contributed by atoms with Crippen molar-refractivity contribution >= 4 is 0 Å². The highest BCUT2D eigenvalue weighted by atomic mass is 19.2. The minimum atomic E-state index is 0.639. The van der Waals surface area contributed by atoms with Gasteiger partial charge in [-0.05, 0) is 18.8 Å². The summed E-state index contributed by atoms with van der Waals surface area (Å²) < 4.78 is 11.8. The molecule has 0 N–H and O–H groups in total. The van der Waals surface area contributed by atoms with Gasteiger partial charge in [0.15, 0.2) is 0 Å². The molecule has 0 aromatic carbocycles. The van der Waals surface area contributed by atoms with Crippen molar-refractivity contribution in [2.24, 2.45) is 5.92 Å². The number of nitrogens with zero attached hydrogens (tertiary/aromatic N) is 1. The SMILES string of the molecule is CN(F)CC1CC1. The molecule has 0 amide bonds. The van der Waals surface area contributed by atoms with Crippen LogP contribution in [0.25, 0.3) is 0 Å². The molecule has 1 aliphatic carbocycles. The normalized spacial score (nSPS) is 21.0. The Balaban J connectivity index is 1.97. The summed E-state index contributed by atoms with van der Waals surface area (Å²) in [6.07, 6.45) is 2.46. The van der Waals surface area contributed by atoms with Gasteiger partial charge in [0.1, 0.15) is 0 Å². The van der Waals surface area contributed by atoms with Crippen LogP contribution in [0.1, 0.15) is 12.8 Å². The Morgan fingerprint density at radius 2 is 2.29 bits per heavy atom. The summed E-state index contributed by atoms with van der Waals surface area (Å²) in [5.74, 6) is 0.676. The van der Waals surface area contributed by atoms with Crippen molar-refractivity contribution in [3.8, 4) is 0 Å². The van der Waals surface area contributed by atoms with Crippen molar-refractivity contribution in [3.05, 3.63) is 0 Å². The van der Waals surface area contributed by atoms with Crippen LogP contribution in [0.5, 0.6) is 0 Å². The molecule has 0 atom stereocenters. The molecule has 0 aliphatic heterocycles. The van der Waals surface area contributed by atoms with Crippen LogP contribution >= 0.6 is 0 Å². The Hall–Kier alpha value is -0.110. The third kappa shape index (κ3) is 1.88. The Labute approximate surface area is 43.1 Å². The molecule has 7 heavy (non-hydrogen) atoms. The van der Waals surface area contributed by atoms with Crippen molar-refractivity contribution < 1.29 is 4.48 Å². The fourth-order valence-corrected chi connectivity index (χ4v) is 0.656. The fourth-order valence-electron chi connectivity index (χ4n) is 0.656. The lowest BCUT2D eigenvalue weighted by atomic mass is 10.4. The molecule has 0 unspecified atom stereocenters. The first-order valence-electron chi connectivity index (χ1n) is 2.66. The Morgan fingerprint density at radius 1 is 1.71 bits per heavy atom. The van der Waals surface area contributed by atoms with Gasteiger partial charge in [0.2, 0.25) is 0 Å². The molecule has 1 saturated carbocycles. The summed E-state index contributed by atoms with van der Waals surface area (Å²) in [6, 6.07) is 0.